The van der Waals surface area contributed by atoms with Crippen LogP contribution in [0.1, 0.15) is 66.6 Å². The second-order valence-corrected chi connectivity index (χ2v) is 8.83. The minimum Gasteiger partial charge on any atom is -0.457 e. The summed E-state index contributed by atoms with van der Waals surface area (Å²) in [6, 6.07) is 14.5. The number of benzene rings is 2. The number of carbonyl (C=O) groups excluding carboxylic acids is 1. The van der Waals surface area contributed by atoms with Gasteiger partial charge in [-0.2, -0.15) is 0 Å². The minimum absolute atomic E-state index is 0.102. The lowest BCUT2D eigenvalue weighted by atomic mass is 9.64. The summed E-state index contributed by atoms with van der Waals surface area (Å²) in [5, 5.41) is 2.37. The molecule has 0 saturated heterocycles. The van der Waals surface area contributed by atoms with Crippen LogP contribution in [-0.4, -0.2) is 5.97 Å². The molecule has 0 radical (unpaired) electrons. The molecule has 0 spiro atoms. The van der Waals surface area contributed by atoms with E-state index >= 15 is 0 Å². The topological polar surface area (TPSA) is 26.3 Å². The molecule has 136 valence electrons. The van der Waals surface area contributed by atoms with Gasteiger partial charge in [-0.25, -0.2) is 0 Å². The first-order valence-electron chi connectivity index (χ1n) is 9.24. The maximum Gasteiger partial charge on any atom is 0.312 e. The van der Waals surface area contributed by atoms with Crippen LogP contribution in [-0.2, 0) is 9.53 Å². The van der Waals surface area contributed by atoms with E-state index in [1.54, 1.807) is 0 Å². The number of rotatable bonds is 5. The Kier molecular flexibility index (Phi) is 5.61. The molecule has 0 amide bonds. The lowest BCUT2D eigenvalue weighted by Gasteiger charge is -2.41. The van der Waals surface area contributed by atoms with Gasteiger partial charge in [0.2, 0.25) is 0 Å². The monoisotopic (exact) mass is 340 g/mol. The van der Waals surface area contributed by atoms with Crippen LogP contribution in [0.25, 0.3) is 10.8 Å². The highest BCUT2D eigenvalue weighted by Crippen LogP contribution is 2.45. The van der Waals surface area contributed by atoms with Gasteiger partial charge in [0, 0.05) is 0 Å². The van der Waals surface area contributed by atoms with Gasteiger partial charge in [-0.05, 0) is 54.0 Å². The van der Waals surface area contributed by atoms with Crippen molar-refractivity contribution >= 4 is 16.7 Å². The van der Waals surface area contributed by atoms with Crippen LogP contribution in [0.2, 0.25) is 0 Å². The lowest BCUT2D eigenvalue weighted by molar-refractivity contribution is -0.168. The Morgan fingerprint density at radius 2 is 1.56 bits per heavy atom. The molecule has 0 bridgehead atoms. The molecule has 0 aliphatic carbocycles. The van der Waals surface area contributed by atoms with Gasteiger partial charge in [-0.3, -0.25) is 4.79 Å². The molecule has 25 heavy (non-hydrogen) atoms. The van der Waals surface area contributed by atoms with Crippen LogP contribution in [0.15, 0.2) is 42.5 Å². The standard InChI is InChI=1S/C23H32O2/c1-16(2)15-23(7,22(4,5)6)21(24)25-17(3)19-13-12-18-10-8-9-11-20(18)14-19/h8-14,16-17H,15H2,1-7H3. The zero-order valence-electron chi connectivity index (χ0n) is 16.7. The van der Waals surface area contributed by atoms with Gasteiger partial charge in [0.05, 0.1) is 5.41 Å². The van der Waals surface area contributed by atoms with Crippen molar-refractivity contribution in [2.24, 2.45) is 16.7 Å². The molecule has 0 heterocycles. The normalized spacial score (nSPS) is 15.8. The fourth-order valence-corrected chi connectivity index (χ4v) is 3.33. The van der Waals surface area contributed by atoms with Crippen LogP contribution < -0.4 is 0 Å². The van der Waals surface area contributed by atoms with Gasteiger partial charge >= 0.3 is 5.97 Å². The van der Waals surface area contributed by atoms with Gasteiger partial charge < -0.3 is 4.74 Å². The zero-order valence-corrected chi connectivity index (χ0v) is 16.7. The molecular formula is C23H32O2. The van der Waals surface area contributed by atoms with E-state index in [-0.39, 0.29) is 17.5 Å². The second-order valence-electron chi connectivity index (χ2n) is 8.83. The Morgan fingerprint density at radius 3 is 2.12 bits per heavy atom. The summed E-state index contributed by atoms with van der Waals surface area (Å²) < 4.78 is 5.94. The van der Waals surface area contributed by atoms with E-state index in [1.807, 2.05) is 26.0 Å². The number of fused-ring (bicyclic) bond motifs is 1. The van der Waals surface area contributed by atoms with Crippen LogP contribution in [0.5, 0.6) is 0 Å². The Morgan fingerprint density at radius 1 is 0.960 bits per heavy atom. The van der Waals surface area contributed by atoms with Crippen molar-refractivity contribution in [3.63, 3.8) is 0 Å². The summed E-state index contributed by atoms with van der Waals surface area (Å²) >= 11 is 0. The molecule has 0 N–H and O–H groups in total. The number of hydrogen-bond acceptors (Lipinski definition) is 2. The van der Waals surface area contributed by atoms with Crippen LogP contribution in [0, 0.1) is 16.7 Å². The van der Waals surface area contributed by atoms with Gasteiger partial charge in [0.1, 0.15) is 6.10 Å². The van der Waals surface area contributed by atoms with E-state index in [1.165, 1.54) is 10.8 Å². The molecule has 2 aromatic rings. The molecule has 0 fully saturated rings. The van der Waals surface area contributed by atoms with Crippen molar-refractivity contribution in [1.82, 2.24) is 0 Å². The zero-order chi connectivity index (χ0) is 18.8. The maximum atomic E-state index is 13.1. The SMILES string of the molecule is CC(C)CC(C)(C(=O)OC(C)c1ccc2ccccc2c1)C(C)(C)C. The molecule has 0 saturated carbocycles. The van der Waals surface area contributed by atoms with Crippen LogP contribution in [0.4, 0.5) is 0 Å². The third kappa shape index (κ3) is 4.23. The third-order valence-electron chi connectivity index (χ3n) is 5.45. The Balaban J connectivity index is 2.24. The summed E-state index contributed by atoms with van der Waals surface area (Å²) in [5.41, 5.74) is 0.372. The van der Waals surface area contributed by atoms with E-state index < -0.39 is 5.41 Å². The van der Waals surface area contributed by atoms with E-state index in [2.05, 4.69) is 65.0 Å². The van der Waals surface area contributed by atoms with Crippen molar-refractivity contribution < 1.29 is 9.53 Å². The van der Waals surface area contributed by atoms with E-state index in [0.29, 0.717) is 5.92 Å². The molecular weight excluding hydrogens is 308 g/mol. The average molecular weight is 341 g/mol. The average Bonchev–Trinajstić information content (AvgIpc) is 2.52. The van der Waals surface area contributed by atoms with Gasteiger partial charge in [-0.1, -0.05) is 71.0 Å². The third-order valence-corrected chi connectivity index (χ3v) is 5.45. The van der Waals surface area contributed by atoms with Crippen molar-refractivity contribution in [3.8, 4) is 0 Å². The fraction of sp³-hybridized carbons (Fsp3) is 0.522. The highest BCUT2D eigenvalue weighted by Gasteiger charge is 2.46. The summed E-state index contributed by atoms with van der Waals surface area (Å²) in [4.78, 5) is 13.1. The largest absolute Gasteiger partial charge is 0.457 e. The molecule has 2 heteroatoms. The molecule has 0 aliphatic rings. The maximum absolute atomic E-state index is 13.1. The first-order valence-corrected chi connectivity index (χ1v) is 9.24. The number of esters is 1. The van der Waals surface area contributed by atoms with E-state index in [0.717, 1.165) is 12.0 Å². The van der Waals surface area contributed by atoms with Gasteiger partial charge in [0.15, 0.2) is 0 Å². The summed E-state index contributed by atoms with van der Waals surface area (Å²) in [6.45, 7) is 14.7. The Bertz CT molecular complexity index is 739. The lowest BCUT2D eigenvalue weighted by Crippen LogP contribution is -2.43. The predicted octanol–water partition coefficient (Wildman–Crippen LogP) is 6.54. The number of ether oxygens (including phenoxy) is 1. The molecule has 2 aromatic carbocycles. The molecule has 2 rings (SSSR count). The summed E-state index contributed by atoms with van der Waals surface area (Å²) in [7, 11) is 0. The fourth-order valence-electron chi connectivity index (χ4n) is 3.33. The summed E-state index contributed by atoms with van der Waals surface area (Å²) in [6.07, 6.45) is 0.561. The first-order chi connectivity index (χ1) is 11.5. The minimum atomic E-state index is -0.508. The number of hydrogen-bond donors (Lipinski definition) is 0. The molecule has 0 aliphatic heterocycles. The molecule has 2 unspecified atom stereocenters. The van der Waals surface area contributed by atoms with Crippen LogP contribution >= 0.6 is 0 Å². The molecule has 0 aromatic heterocycles. The quantitative estimate of drug-likeness (QED) is 0.577. The molecule has 2 atom stereocenters. The first kappa shape index (κ1) is 19.5. The van der Waals surface area contributed by atoms with Crippen molar-refractivity contribution in [2.75, 3.05) is 0 Å². The Hall–Kier alpha value is -1.83. The smallest absolute Gasteiger partial charge is 0.312 e. The van der Waals surface area contributed by atoms with Crippen molar-refractivity contribution in [2.45, 2.75) is 61.0 Å². The van der Waals surface area contributed by atoms with Gasteiger partial charge in [-0.15, -0.1) is 0 Å². The van der Waals surface area contributed by atoms with Crippen LogP contribution in [0.3, 0.4) is 0 Å². The number of carbonyl (C=O) groups is 1. The van der Waals surface area contributed by atoms with E-state index in [9.17, 15) is 4.79 Å². The Labute approximate surface area is 152 Å². The van der Waals surface area contributed by atoms with Crippen molar-refractivity contribution in [3.05, 3.63) is 48.0 Å². The second kappa shape index (κ2) is 7.19. The highest BCUT2D eigenvalue weighted by molar-refractivity contribution is 5.83. The summed E-state index contributed by atoms with van der Waals surface area (Å²) in [5.74, 6) is 0.335. The molecule has 2 nitrogen and oxygen atoms in total. The van der Waals surface area contributed by atoms with Crippen molar-refractivity contribution in [1.29, 1.82) is 0 Å². The predicted molar refractivity (Wildman–Crippen MR) is 105 cm³/mol. The van der Waals surface area contributed by atoms with Gasteiger partial charge in [0.25, 0.3) is 0 Å². The highest BCUT2D eigenvalue weighted by atomic mass is 16.5. The van der Waals surface area contributed by atoms with E-state index in [4.69, 9.17) is 4.74 Å².